The maximum Gasteiger partial charge on any atom is 0.240 e. The zero-order valence-electron chi connectivity index (χ0n) is 7.86. The van der Waals surface area contributed by atoms with E-state index in [9.17, 15) is 13.2 Å². The zero-order valence-corrected chi connectivity index (χ0v) is 8.68. The van der Waals surface area contributed by atoms with Crippen LogP contribution in [0.25, 0.3) is 0 Å². The number of sulfone groups is 1. The van der Waals surface area contributed by atoms with Crippen LogP contribution in [0.15, 0.2) is 6.07 Å². The second-order valence-corrected chi connectivity index (χ2v) is 5.19. The Labute approximate surface area is 81.6 Å². The minimum absolute atomic E-state index is 0.330. The molecule has 0 bridgehead atoms. The van der Waals surface area contributed by atoms with Gasteiger partial charge in [-0.05, 0) is 6.92 Å². The van der Waals surface area contributed by atoms with E-state index in [1.54, 1.807) is 13.0 Å². The second-order valence-electron chi connectivity index (χ2n) is 3.05. The largest absolute Gasteiger partial charge is 0.308 e. The summed E-state index contributed by atoms with van der Waals surface area (Å²) in [6, 6.07) is 1.61. The van der Waals surface area contributed by atoms with Gasteiger partial charge in [0.25, 0.3) is 0 Å². The van der Waals surface area contributed by atoms with Crippen molar-refractivity contribution in [2.45, 2.75) is 6.92 Å². The van der Waals surface area contributed by atoms with Crippen molar-refractivity contribution in [3.63, 3.8) is 0 Å². The first-order valence-corrected chi connectivity index (χ1v) is 5.92. The lowest BCUT2D eigenvalue weighted by Crippen LogP contribution is -2.22. The number of nitrogens with one attached hydrogen (secondary N) is 2. The summed E-state index contributed by atoms with van der Waals surface area (Å²) in [6.07, 6.45) is 1.00. The Bertz CT molecular complexity index is 435. The summed E-state index contributed by atoms with van der Waals surface area (Å²) in [5, 5.41) is 8.72. The van der Waals surface area contributed by atoms with Crippen LogP contribution in [0.1, 0.15) is 5.69 Å². The summed E-state index contributed by atoms with van der Waals surface area (Å²) in [5.74, 6) is -0.783. The maximum absolute atomic E-state index is 11.1. The van der Waals surface area contributed by atoms with Gasteiger partial charge < -0.3 is 5.32 Å². The van der Waals surface area contributed by atoms with Gasteiger partial charge in [0, 0.05) is 18.0 Å². The molecule has 0 saturated heterocycles. The summed E-state index contributed by atoms with van der Waals surface area (Å²) in [5.41, 5.74) is 0.791. The van der Waals surface area contributed by atoms with Crippen LogP contribution >= 0.6 is 0 Å². The Kier molecular flexibility index (Phi) is 2.90. The quantitative estimate of drug-likeness (QED) is 0.727. The average Bonchev–Trinajstić information content (AvgIpc) is 2.30. The summed E-state index contributed by atoms with van der Waals surface area (Å²) in [4.78, 5) is 11.1. The van der Waals surface area contributed by atoms with Gasteiger partial charge in [-0.2, -0.15) is 5.10 Å². The Morgan fingerprint density at radius 2 is 2.29 bits per heavy atom. The number of aromatic nitrogens is 2. The number of aromatic amines is 1. The first kappa shape index (κ1) is 10.7. The van der Waals surface area contributed by atoms with Crippen LogP contribution in [0, 0.1) is 6.92 Å². The van der Waals surface area contributed by atoms with Crippen molar-refractivity contribution in [1.29, 1.82) is 0 Å². The maximum atomic E-state index is 11.1. The van der Waals surface area contributed by atoms with Gasteiger partial charge >= 0.3 is 0 Å². The third-order valence-corrected chi connectivity index (χ3v) is 2.15. The highest BCUT2D eigenvalue weighted by Gasteiger charge is 2.11. The first-order valence-electron chi connectivity index (χ1n) is 3.86. The van der Waals surface area contributed by atoms with Gasteiger partial charge in [-0.15, -0.1) is 0 Å². The van der Waals surface area contributed by atoms with Gasteiger partial charge in [-0.1, -0.05) is 0 Å². The van der Waals surface area contributed by atoms with E-state index < -0.39 is 21.5 Å². The smallest absolute Gasteiger partial charge is 0.240 e. The van der Waals surface area contributed by atoms with E-state index in [1.165, 1.54) is 0 Å². The van der Waals surface area contributed by atoms with Gasteiger partial charge in [0.2, 0.25) is 5.91 Å². The van der Waals surface area contributed by atoms with Crippen LogP contribution in [0.3, 0.4) is 0 Å². The zero-order chi connectivity index (χ0) is 10.8. The van der Waals surface area contributed by atoms with E-state index in [-0.39, 0.29) is 0 Å². The number of hydrogen-bond donors (Lipinski definition) is 2. The van der Waals surface area contributed by atoms with Gasteiger partial charge in [0.05, 0.1) is 0 Å². The molecule has 78 valence electrons. The highest BCUT2D eigenvalue weighted by Crippen LogP contribution is 2.03. The Hall–Kier alpha value is -1.37. The number of amides is 1. The van der Waals surface area contributed by atoms with Crippen molar-refractivity contribution < 1.29 is 13.2 Å². The molecule has 1 aromatic heterocycles. The Morgan fingerprint density at radius 3 is 2.71 bits per heavy atom. The van der Waals surface area contributed by atoms with Crippen molar-refractivity contribution in [2.75, 3.05) is 17.3 Å². The van der Waals surface area contributed by atoms with Crippen LogP contribution < -0.4 is 5.32 Å². The predicted octanol–water partition coefficient (Wildman–Crippen LogP) is -0.299. The molecule has 0 unspecified atom stereocenters. The number of rotatable bonds is 3. The number of hydrogen-bond acceptors (Lipinski definition) is 4. The molecule has 1 heterocycles. The van der Waals surface area contributed by atoms with Gasteiger partial charge in [-0.3, -0.25) is 9.89 Å². The van der Waals surface area contributed by atoms with Crippen LogP contribution in [-0.2, 0) is 14.6 Å². The summed E-state index contributed by atoms with van der Waals surface area (Å²) >= 11 is 0. The number of nitrogens with zero attached hydrogens (tertiary/aromatic N) is 1. The van der Waals surface area contributed by atoms with Gasteiger partial charge in [-0.25, -0.2) is 8.42 Å². The third-order valence-electron chi connectivity index (χ3n) is 1.37. The fourth-order valence-electron chi connectivity index (χ4n) is 0.899. The molecule has 0 fully saturated rings. The van der Waals surface area contributed by atoms with E-state index in [1.807, 2.05) is 0 Å². The number of carbonyl (C=O) groups excluding carboxylic acids is 1. The highest BCUT2D eigenvalue weighted by molar-refractivity contribution is 7.91. The molecule has 0 aliphatic carbocycles. The molecule has 0 atom stereocenters. The van der Waals surface area contributed by atoms with Crippen molar-refractivity contribution >= 4 is 21.6 Å². The lowest BCUT2D eigenvalue weighted by atomic mass is 10.5. The third kappa shape index (κ3) is 3.56. The molecule has 0 radical (unpaired) electrons. The van der Waals surface area contributed by atoms with E-state index in [0.29, 0.717) is 5.82 Å². The molecular weight excluding hydrogens is 206 g/mol. The molecule has 0 aromatic carbocycles. The first-order chi connectivity index (χ1) is 6.37. The van der Waals surface area contributed by atoms with Crippen molar-refractivity contribution in [1.82, 2.24) is 10.2 Å². The van der Waals surface area contributed by atoms with Crippen LogP contribution in [-0.4, -0.2) is 36.5 Å². The van der Waals surface area contributed by atoms with Crippen LogP contribution in [0.2, 0.25) is 0 Å². The number of aryl methyl sites for hydroxylation is 1. The topological polar surface area (TPSA) is 91.9 Å². The molecule has 2 N–H and O–H groups in total. The van der Waals surface area contributed by atoms with E-state index in [2.05, 4.69) is 15.5 Å². The SMILES string of the molecule is Cc1cc(NC(=O)CS(C)(=O)=O)n[nH]1. The number of anilines is 1. The van der Waals surface area contributed by atoms with Crippen LogP contribution in [0.4, 0.5) is 5.82 Å². The monoisotopic (exact) mass is 217 g/mol. The van der Waals surface area contributed by atoms with Crippen molar-refractivity contribution in [3.05, 3.63) is 11.8 Å². The fourth-order valence-corrected chi connectivity index (χ4v) is 1.45. The summed E-state index contributed by atoms with van der Waals surface area (Å²) < 4.78 is 21.5. The molecule has 1 rings (SSSR count). The number of carbonyl (C=O) groups is 1. The fraction of sp³-hybridized carbons (Fsp3) is 0.429. The molecule has 1 amide bonds. The molecule has 0 aliphatic rings. The van der Waals surface area contributed by atoms with Crippen molar-refractivity contribution in [2.24, 2.45) is 0 Å². The molecule has 1 aromatic rings. The lowest BCUT2D eigenvalue weighted by Gasteiger charge is -1.98. The normalized spacial score (nSPS) is 11.3. The molecule has 6 nitrogen and oxygen atoms in total. The van der Waals surface area contributed by atoms with E-state index >= 15 is 0 Å². The molecule has 7 heteroatoms. The molecule has 0 saturated carbocycles. The minimum atomic E-state index is -3.29. The molecular formula is C7H11N3O3S. The Balaban J connectivity index is 2.58. The van der Waals surface area contributed by atoms with E-state index in [4.69, 9.17) is 0 Å². The molecule has 0 spiro atoms. The molecule has 0 aliphatic heterocycles. The van der Waals surface area contributed by atoms with Crippen LogP contribution in [0.5, 0.6) is 0 Å². The minimum Gasteiger partial charge on any atom is -0.308 e. The lowest BCUT2D eigenvalue weighted by molar-refractivity contribution is -0.113. The predicted molar refractivity (Wildman–Crippen MR) is 51.7 cm³/mol. The second kappa shape index (κ2) is 3.79. The summed E-state index contributed by atoms with van der Waals surface area (Å²) in [6.45, 7) is 1.78. The van der Waals surface area contributed by atoms with E-state index in [0.717, 1.165) is 11.9 Å². The van der Waals surface area contributed by atoms with Gasteiger partial charge in [0.15, 0.2) is 15.7 Å². The summed E-state index contributed by atoms with van der Waals surface area (Å²) in [7, 11) is -3.29. The standard InChI is InChI=1S/C7H11N3O3S/c1-5-3-6(10-9-5)8-7(11)4-14(2,12)13/h3H,4H2,1-2H3,(H2,8,9,10,11). The van der Waals surface area contributed by atoms with Crippen molar-refractivity contribution in [3.8, 4) is 0 Å². The Morgan fingerprint density at radius 1 is 1.64 bits per heavy atom. The number of H-pyrrole nitrogens is 1. The van der Waals surface area contributed by atoms with Gasteiger partial charge in [0.1, 0.15) is 5.75 Å². The average molecular weight is 217 g/mol. The molecule has 14 heavy (non-hydrogen) atoms. The highest BCUT2D eigenvalue weighted by atomic mass is 32.2.